The van der Waals surface area contributed by atoms with E-state index in [1.54, 1.807) is 0 Å². The Hall–Kier alpha value is -1.76. The minimum absolute atomic E-state index is 0.184. The first kappa shape index (κ1) is 14.6. The molecule has 7 heteroatoms. The van der Waals surface area contributed by atoms with Gasteiger partial charge in [0.25, 0.3) is 0 Å². The summed E-state index contributed by atoms with van der Waals surface area (Å²) < 4.78 is 43.5. The summed E-state index contributed by atoms with van der Waals surface area (Å²) in [6, 6.07) is 4.10. The zero-order valence-corrected chi connectivity index (χ0v) is 10.8. The van der Waals surface area contributed by atoms with Crippen LogP contribution in [-0.2, 0) is 4.74 Å². The van der Waals surface area contributed by atoms with Gasteiger partial charge in [-0.1, -0.05) is 0 Å². The van der Waals surface area contributed by atoms with Crippen LogP contribution in [-0.4, -0.2) is 24.7 Å². The predicted octanol–water partition coefficient (Wildman–Crippen LogP) is 3.14. The molecule has 1 aliphatic heterocycles. The summed E-state index contributed by atoms with van der Waals surface area (Å²) in [6.07, 6.45) is -2.41. The summed E-state index contributed by atoms with van der Waals surface area (Å²) in [5.74, 6) is 0. The molecule has 0 radical (unpaired) electrons. The lowest BCUT2D eigenvalue weighted by Crippen LogP contribution is -2.30. The molecule has 1 unspecified atom stereocenters. The van der Waals surface area contributed by atoms with Gasteiger partial charge < -0.3 is 15.8 Å². The largest absolute Gasteiger partial charge is 0.433 e. The molecule has 4 N–H and O–H groups in total. The van der Waals surface area contributed by atoms with Crippen molar-refractivity contribution in [1.82, 2.24) is 0 Å². The Bertz CT molecular complexity index is 496. The van der Waals surface area contributed by atoms with Crippen LogP contribution < -0.4 is 11.1 Å². The first-order valence-electron chi connectivity index (χ1n) is 6.31. The zero-order valence-electron chi connectivity index (χ0n) is 10.8. The lowest BCUT2D eigenvalue weighted by molar-refractivity contribution is -0.0587. The Morgan fingerprint density at radius 3 is 2.70 bits per heavy atom. The number of nitrogens with one attached hydrogen (secondary N) is 2. The minimum atomic E-state index is -4.71. The average Bonchev–Trinajstić information content (AvgIpc) is 2.40. The van der Waals surface area contributed by atoms with E-state index in [2.05, 4.69) is 5.32 Å². The van der Waals surface area contributed by atoms with Gasteiger partial charge in [0.1, 0.15) is 11.9 Å². The van der Waals surface area contributed by atoms with Crippen LogP contribution in [0.4, 0.5) is 24.5 Å². The van der Waals surface area contributed by atoms with Crippen molar-refractivity contribution < 1.29 is 17.9 Å². The number of nitrogens with two attached hydrogens (primary N) is 1. The number of alkyl halides is 3. The zero-order chi connectivity index (χ0) is 14.8. The molecule has 1 saturated heterocycles. The van der Waals surface area contributed by atoms with Crippen LogP contribution in [0.3, 0.4) is 0 Å². The molecule has 1 atom stereocenters. The maximum atomic E-state index is 12.7. The lowest BCUT2D eigenvalue weighted by Gasteiger charge is -2.26. The van der Waals surface area contributed by atoms with Gasteiger partial charge in [0.05, 0.1) is 0 Å². The van der Waals surface area contributed by atoms with Gasteiger partial charge in [-0.3, -0.25) is 5.41 Å². The lowest BCUT2D eigenvalue weighted by atomic mass is 10.1. The van der Waals surface area contributed by atoms with Crippen LogP contribution in [0.15, 0.2) is 18.2 Å². The number of hydrogen-bond donors (Lipinski definition) is 3. The number of halogens is 3. The molecule has 1 heterocycles. The number of rotatable bonds is 3. The molecule has 1 aromatic rings. The van der Waals surface area contributed by atoms with Crippen molar-refractivity contribution in [3.05, 3.63) is 23.8 Å². The van der Waals surface area contributed by atoms with Crippen molar-refractivity contribution in [2.45, 2.75) is 31.7 Å². The van der Waals surface area contributed by atoms with Crippen LogP contribution in [0.5, 0.6) is 0 Å². The van der Waals surface area contributed by atoms with E-state index in [9.17, 15) is 13.2 Å². The van der Waals surface area contributed by atoms with E-state index < -0.39 is 11.9 Å². The van der Waals surface area contributed by atoms with E-state index in [4.69, 9.17) is 15.9 Å². The van der Waals surface area contributed by atoms with Gasteiger partial charge in [-0.25, -0.2) is 0 Å². The van der Waals surface area contributed by atoms with Crippen LogP contribution >= 0.6 is 0 Å². The molecule has 0 spiro atoms. The molecule has 0 aromatic heterocycles. The Morgan fingerprint density at radius 2 is 2.10 bits per heavy atom. The third-order valence-electron chi connectivity index (χ3n) is 3.09. The second-order valence-corrected chi connectivity index (χ2v) is 4.68. The van der Waals surface area contributed by atoms with Crippen LogP contribution in [0.25, 0.3) is 0 Å². The van der Waals surface area contributed by atoms with Crippen molar-refractivity contribution in [1.29, 1.82) is 5.41 Å². The SMILES string of the molecule is N=C(c1cc(N)ccc1NC1CCCCO1)C(F)(F)F. The number of anilines is 2. The Kier molecular flexibility index (Phi) is 4.17. The van der Waals surface area contributed by atoms with E-state index >= 15 is 0 Å². The van der Waals surface area contributed by atoms with Crippen molar-refractivity contribution in [2.75, 3.05) is 17.7 Å². The monoisotopic (exact) mass is 287 g/mol. The highest BCUT2D eigenvalue weighted by molar-refractivity contribution is 6.07. The molecule has 0 bridgehead atoms. The van der Waals surface area contributed by atoms with Gasteiger partial charge in [0, 0.05) is 23.5 Å². The Labute approximate surface area is 114 Å². The number of hydrogen-bond acceptors (Lipinski definition) is 4. The molecule has 2 rings (SSSR count). The molecular formula is C13H16F3N3O. The quantitative estimate of drug-likeness (QED) is 0.591. The number of benzene rings is 1. The molecule has 20 heavy (non-hydrogen) atoms. The van der Waals surface area contributed by atoms with E-state index in [1.807, 2.05) is 0 Å². The van der Waals surface area contributed by atoms with Crippen molar-refractivity contribution in [2.24, 2.45) is 0 Å². The van der Waals surface area contributed by atoms with E-state index in [-0.39, 0.29) is 23.2 Å². The van der Waals surface area contributed by atoms with E-state index in [1.165, 1.54) is 12.1 Å². The van der Waals surface area contributed by atoms with Gasteiger partial charge in [0.2, 0.25) is 0 Å². The van der Waals surface area contributed by atoms with Crippen molar-refractivity contribution >= 4 is 17.1 Å². The molecule has 1 aromatic carbocycles. The van der Waals surface area contributed by atoms with Crippen LogP contribution in [0.2, 0.25) is 0 Å². The molecule has 0 aliphatic carbocycles. The average molecular weight is 287 g/mol. The normalized spacial score (nSPS) is 19.6. The standard InChI is InChI=1S/C13H16F3N3O/c14-13(15,16)12(18)9-7-8(17)4-5-10(9)19-11-3-1-2-6-20-11/h4-5,7,11,18-19H,1-3,6,17H2. The van der Waals surface area contributed by atoms with Crippen LogP contribution in [0, 0.1) is 5.41 Å². The second-order valence-electron chi connectivity index (χ2n) is 4.68. The third kappa shape index (κ3) is 3.41. The Balaban J connectivity index is 2.25. The number of ether oxygens (including phenoxy) is 1. The summed E-state index contributed by atoms with van der Waals surface area (Å²) in [6.45, 7) is 0.582. The van der Waals surface area contributed by atoms with Crippen molar-refractivity contribution in [3.63, 3.8) is 0 Å². The minimum Gasteiger partial charge on any atom is -0.399 e. The number of nitrogen functional groups attached to an aromatic ring is 1. The summed E-state index contributed by atoms with van der Waals surface area (Å²) in [5.41, 5.74) is 4.25. The molecule has 0 saturated carbocycles. The third-order valence-corrected chi connectivity index (χ3v) is 3.09. The summed E-state index contributed by atoms with van der Waals surface area (Å²) in [7, 11) is 0. The molecule has 1 aliphatic rings. The van der Waals surface area contributed by atoms with Crippen molar-refractivity contribution in [3.8, 4) is 0 Å². The molecule has 110 valence electrons. The van der Waals surface area contributed by atoms with Gasteiger partial charge in [-0.2, -0.15) is 13.2 Å². The maximum absolute atomic E-state index is 12.7. The molecule has 0 amide bonds. The highest BCUT2D eigenvalue weighted by Crippen LogP contribution is 2.29. The van der Waals surface area contributed by atoms with E-state index in [0.717, 1.165) is 25.3 Å². The van der Waals surface area contributed by atoms with Gasteiger partial charge in [-0.15, -0.1) is 0 Å². The topological polar surface area (TPSA) is 71.1 Å². The molecule has 1 fully saturated rings. The maximum Gasteiger partial charge on any atom is 0.433 e. The van der Waals surface area contributed by atoms with Gasteiger partial charge in [-0.05, 0) is 37.5 Å². The predicted molar refractivity (Wildman–Crippen MR) is 71.0 cm³/mol. The fourth-order valence-corrected chi connectivity index (χ4v) is 2.08. The highest BCUT2D eigenvalue weighted by atomic mass is 19.4. The first-order chi connectivity index (χ1) is 9.38. The first-order valence-corrected chi connectivity index (χ1v) is 6.31. The van der Waals surface area contributed by atoms with E-state index in [0.29, 0.717) is 6.61 Å². The fraction of sp³-hybridized carbons (Fsp3) is 0.462. The second kappa shape index (κ2) is 5.70. The Morgan fingerprint density at radius 1 is 1.35 bits per heavy atom. The molecular weight excluding hydrogens is 271 g/mol. The summed E-state index contributed by atoms with van der Waals surface area (Å²) in [4.78, 5) is 0. The summed E-state index contributed by atoms with van der Waals surface area (Å²) >= 11 is 0. The highest BCUT2D eigenvalue weighted by Gasteiger charge is 2.36. The summed E-state index contributed by atoms with van der Waals surface area (Å²) in [5, 5.41) is 10.2. The van der Waals surface area contributed by atoms with Gasteiger partial charge >= 0.3 is 6.18 Å². The fourth-order valence-electron chi connectivity index (χ4n) is 2.08. The molecule has 4 nitrogen and oxygen atoms in total. The van der Waals surface area contributed by atoms with Gasteiger partial charge in [0.15, 0.2) is 0 Å². The van der Waals surface area contributed by atoms with Crippen LogP contribution in [0.1, 0.15) is 24.8 Å². The smallest absolute Gasteiger partial charge is 0.399 e.